The molecule has 1 aliphatic rings. The number of hydrogen-bond acceptors (Lipinski definition) is 5. The van der Waals surface area contributed by atoms with E-state index in [9.17, 15) is 0 Å². The minimum Gasteiger partial charge on any atom is -0.381 e. The van der Waals surface area contributed by atoms with E-state index in [-0.39, 0.29) is 0 Å². The monoisotopic (exact) mass is 237 g/mol. The minimum absolute atomic E-state index is 0.519. The summed E-state index contributed by atoms with van der Waals surface area (Å²) in [7, 11) is 3.53. The van der Waals surface area contributed by atoms with Gasteiger partial charge in [0, 0.05) is 39.9 Å². The zero-order chi connectivity index (χ0) is 12.1. The van der Waals surface area contributed by atoms with Gasteiger partial charge in [-0.1, -0.05) is 0 Å². The molecule has 5 heteroatoms. The summed E-state index contributed by atoms with van der Waals surface area (Å²) in [5, 5.41) is 3.05. The highest BCUT2D eigenvalue weighted by Crippen LogP contribution is 2.17. The van der Waals surface area contributed by atoms with Crippen LogP contribution in [0.25, 0.3) is 0 Å². The van der Waals surface area contributed by atoms with Crippen molar-refractivity contribution in [3.63, 3.8) is 0 Å². The maximum absolute atomic E-state index is 5.37. The average Bonchev–Trinajstić information content (AvgIpc) is 2.82. The first-order valence-corrected chi connectivity index (χ1v) is 5.93. The highest BCUT2D eigenvalue weighted by atomic mass is 16.5. The van der Waals surface area contributed by atoms with Gasteiger partial charge in [-0.15, -0.1) is 0 Å². The van der Waals surface area contributed by atoms with Crippen molar-refractivity contribution in [3.8, 4) is 0 Å². The van der Waals surface area contributed by atoms with Gasteiger partial charge in [0.05, 0.1) is 12.3 Å². The Morgan fingerprint density at radius 1 is 1.53 bits per heavy atom. The molecular formula is C12H19N3O2. The van der Waals surface area contributed by atoms with Crippen molar-refractivity contribution in [2.75, 3.05) is 32.7 Å². The van der Waals surface area contributed by atoms with Gasteiger partial charge >= 0.3 is 0 Å². The Balaban J connectivity index is 2.10. The standard InChI is InChI=1S/C12H19N3O2/c1-13-11-6-10(8-16-2)14-12(15-11)5-9-3-4-17-7-9/h6,9H,3-5,7-8H2,1-2H3,(H,13,14,15). The number of ether oxygens (including phenoxy) is 2. The number of aromatic nitrogens is 2. The van der Waals surface area contributed by atoms with Crippen molar-refractivity contribution < 1.29 is 9.47 Å². The van der Waals surface area contributed by atoms with Crippen LogP contribution in [0.15, 0.2) is 6.07 Å². The maximum Gasteiger partial charge on any atom is 0.131 e. The van der Waals surface area contributed by atoms with Crippen LogP contribution >= 0.6 is 0 Å². The van der Waals surface area contributed by atoms with Gasteiger partial charge < -0.3 is 14.8 Å². The van der Waals surface area contributed by atoms with Crippen LogP contribution in [0.1, 0.15) is 17.9 Å². The molecule has 1 saturated heterocycles. The third kappa shape index (κ3) is 3.38. The molecule has 1 fully saturated rings. The number of anilines is 1. The van der Waals surface area contributed by atoms with Crippen molar-refractivity contribution >= 4 is 5.82 Å². The Kier molecular flexibility index (Phi) is 4.28. The Bertz CT molecular complexity index is 365. The lowest BCUT2D eigenvalue weighted by Crippen LogP contribution is -2.10. The lowest BCUT2D eigenvalue weighted by Gasteiger charge is -2.10. The van der Waals surface area contributed by atoms with E-state index in [0.29, 0.717) is 12.5 Å². The first-order chi connectivity index (χ1) is 8.31. The fraction of sp³-hybridized carbons (Fsp3) is 0.667. The molecule has 0 radical (unpaired) electrons. The fourth-order valence-electron chi connectivity index (χ4n) is 2.00. The van der Waals surface area contributed by atoms with Gasteiger partial charge in [-0.25, -0.2) is 9.97 Å². The third-order valence-electron chi connectivity index (χ3n) is 2.87. The van der Waals surface area contributed by atoms with Crippen LogP contribution in [0, 0.1) is 5.92 Å². The quantitative estimate of drug-likeness (QED) is 0.835. The SMILES string of the molecule is CNc1cc(COC)nc(CC2CCOC2)n1. The van der Waals surface area contributed by atoms with Gasteiger partial charge in [0.1, 0.15) is 11.6 Å². The van der Waals surface area contributed by atoms with E-state index in [1.165, 1.54) is 0 Å². The predicted octanol–water partition coefficient (Wildman–Crippen LogP) is 1.24. The van der Waals surface area contributed by atoms with E-state index < -0.39 is 0 Å². The Labute approximate surface area is 102 Å². The largest absolute Gasteiger partial charge is 0.381 e. The molecular weight excluding hydrogens is 218 g/mol. The van der Waals surface area contributed by atoms with E-state index >= 15 is 0 Å². The van der Waals surface area contributed by atoms with Gasteiger partial charge in [-0.3, -0.25) is 0 Å². The molecule has 1 unspecified atom stereocenters. The predicted molar refractivity (Wildman–Crippen MR) is 64.9 cm³/mol. The topological polar surface area (TPSA) is 56.3 Å². The van der Waals surface area contributed by atoms with E-state index in [1.807, 2.05) is 13.1 Å². The van der Waals surface area contributed by atoms with Crippen LogP contribution in [0.4, 0.5) is 5.82 Å². The van der Waals surface area contributed by atoms with Crippen molar-refractivity contribution in [1.82, 2.24) is 9.97 Å². The molecule has 5 nitrogen and oxygen atoms in total. The second kappa shape index (κ2) is 5.93. The van der Waals surface area contributed by atoms with Gasteiger partial charge in [-0.05, 0) is 12.3 Å². The molecule has 0 bridgehead atoms. The second-order valence-electron chi connectivity index (χ2n) is 4.28. The normalized spacial score (nSPS) is 19.5. The van der Waals surface area contributed by atoms with Crippen LogP contribution in [0.5, 0.6) is 0 Å². The molecule has 1 aliphatic heterocycles. The van der Waals surface area contributed by atoms with Crippen LogP contribution in [-0.2, 0) is 22.5 Å². The second-order valence-corrected chi connectivity index (χ2v) is 4.28. The first-order valence-electron chi connectivity index (χ1n) is 5.93. The first kappa shape index (κ1) is 12.3. The van der Waals surface area contributed by atoms with Crippen LogP contribution < -0.4 is 5.32 Å². The van der Waals surface area contributed by atoms with E-state index in [4.69, 9.17) is 9.47 Å². The van der Waals surface area contributed by atoms with Gasteiger partial charge in [-0.2, -0.15) is 0 Å². The van der Waals surface area contributed by atoms with Crippen molar-refractivity contribution in [2.45, 2.75) is 19.4 Å². The summed E-state index contributed by atoms with van der Waals surface area (Å²) >= 11 is 0. The smallest absolute Gasteiger partial charge is 0.131 e. The summed E-state index contributed by atoms with van der Waals surface area (Å²) in [5.41, 5.74) is 0.917. The molecule has 1 aromatic heterocycles. The highest BCUT2D eigenvalue weighted by molar-refractivity contribution is 5.35. The van der Waals surface area contributed by atoms with E-state index in [1.54, 1.807) is 7.11 Å². The lowest BCUT2D eigenvalue weighted by molar-refractivity contribution is 0.180. The van der Waals surface area contributed by atoms with Crippen LogP contribution in [0.2, 0.25) is 0 Å². The molecule has 94 valence electrons. The average molecular weight is 237 g/mol. The van der Waals surface area contributed by atoms with Gasteiger partial charge in [0.25, 0.3) is 0 Å². The zero-order valence-corrected chi connectivity index (χ0v) is 10.4. The molecule has 0 saturated carbocycles. The summed E-state index contributed by atoms with van der Waals surface area (Å²) in [4.78, 5) is 8.97. The van der Waals surface area contributed by atoms with Crippen LogP contribution in [-0.4, -0.2) is 37.3 Å². The molecule has 2 rings (SSSR count). The summed E-state index contributed by atoms with van der Waals surface area (Å²) in [6, 6.07) is 1.91. The maximum atomic E-state index is 5.37. The summed E-state index contributed by atoms with van der Waals surface area (Å²) in [5.74, 6) is 2.28. The number of methoxy groups -OCH3 is 1. The fourth-order valence-corrected chi connectivity index (χ4v) is 2.00. The molecule has 0 spiro atoms. The lowest BCUT2D eigenvalue weighted by atomic mass is 10.0. The summed E-state index contributed by atoms with van der Waals surface area (Å²) < 4.78 is 10.5. The minimum atomic E-state index is 0.519. The molecule has 2 heterocycles. The van der Waals surface area contributed by atoms with E-state index in [2.05, 4.69) is 15.3 Å². The van der Waals surface area contributed by atoms with Crippen molar-refractivity contribution in [3.05, 3.63) is 17.6 Å². The molecule has 1 N–H and O–H groups in total. The zero-order valence-electron chi connectivity index (χ0n) is 10.4. The van der Waals surface area contributed by atoms with Gasteiger partial charge in [0.15, 0.2) is 0 Å². The summed E-state index contributed by atoms with van der Waals surface area (Å²) in [6.45, 7) is 2.21. The number of nitrogens with one attached hydrogen (secondary N) is 1. The molecule has 0 aliphatic carbocycles. The molecule has 1 aromatic rings. The summed E-state index contributed by atoms with van der Waals surface area (Å²) in [6.07, 6.45) is 1.99. The van der Waals surface area contributed by atoms with Crippen LogP contribution in [0.3, 0.4) is 0 Å². The molecule has 1 atom stereocenters. The number of rotatable bonds is 5. The Morgan fingerprint density at radius 2 is 2.41 bits per heavy atom. The van der Waals surface area contributed by atoms with E-state index in [0.717, 1.165) is 43.4 Å². The third-order valence-corrected chi connectivity index (χ3v) is 2.87. The molecule has 0 amide bonds. The van der Waals surface area contributed by atoms with Crippen molar-refractivity contribution in [1.29, 1.82) is 0 Å². The number of hydrogen-bond donors (Lipinski definition) is 1. The Morgan fingerprint density at radius 3 is 3.06 bits per heavy atom. The Hall–Kier alpha value is -1.20. The number of nitrogens with zero attached hydrogens (tertiary/aromatic N) is 2. The van der Waals surface area contributed by atoms with Crippen molar-refractivity contribution in [2.24, 2.45) is 5.92 Å². The molecule has 17 heavy (non-hydrogen) atoms. The van der Waals surface area contributed by atoms with Gasteiger partial charge in [0.2, 0.25) is 0 Å². The molecule has 0 aromatic carbocycles. The highest BCUT2D eigenvalue weighted by Gasteiger charge is 2.18.